The Bertz CT molecular complexity index is 822. The summed E-state index contributed by atoms with van der Waals surface area (Å²) in [7, 11) is 1.35. The molecule has 5 heteroatoms. The third kappa shape index (κ3) is 3.12. The van der Waals surface area contributed by atoms with Gasteiger partial charge >= 0.3 is 5.97 Å². The number of benzene rings is 1. The van der Waals surface area contributed by atoms with Crippen molar-refractivity contribution >= 4 is 11.8 Å². The van der Waals surface area contributed by atoms with Crippen LogP contribution in [0.3, 0.4) is 0 Å². The second-order valence-electron chi connectivity index (χ2n) is 6.65. The number of aromatic amines is 1. The number of nitrogens with zero attached hydrogens (tertiary/aromatic N) is 1. The number of Topliss-reactive ketones (excluding diaryl/α,β-unsaturated/α-hetero) is 1. The van der Waals surface area contributed by atoms with Crippen molar-refractivity contribution in [3.8, 4) is 0 Å². The molecule has 1 aromatic heterocycles. The fraction of sp³-hybridized carbons (Fsp3) is 0.400. The van der Waals surface area contributed by atoms with E-state index in [-0.39, 0.29) is 11.8 Å². The summed E-state index contributed by atoms with van der Waals surface area (Å²) in [5, 5.41) is 0. The third-order valence-corrected chi connectivity index (χ3v) is 5.16. The predicted octanol–water partition coefficient (Wildman–Crippen LogP) is 3.05. The van der Waals surface area contributed by atoms with Gasteiger partial charge in [0, 0.05) is 18.8 Å². The van der Waals surface area contributed by atoms with Gasteiger partial charge in [-0.05, 0) is 43.9 Å². The summed E-state index contributed by atoms with van der Waals surface area (Å²) in [5.74, 6) is -0.403. The molecule has 25 heavy (non-hydrogen) atoms. The Labute approximate surface area is 148 Å². The van der Waals surface area contributed by atoms with Crippen molar-refractivity contribution in [2.24, 2.45) is 0 Å². The molecule has 1 N–H and O–H groups in total. The van der Waals surface area contributed by atoms with Gasteiger partial charge in [-0.25, -0.2) is 4.79 Å². The van der Waals surface area contributed by atoms with Crippen LogP contribution in [0.25, 0.3) is 0 Å². The van der Waals surface area contributed by atoms with E-state index in [0.717, 1.165) is 19.5 Å². The second-order valence-corrected chi connectivity index (χ2v) is 6.65. The summed E-state index contributed by atoms with van der Waals surface area (Å²) in [6, 6.07) is 8.12. The summed E-state index contributed by atoms with van der Waals surface area (Å²) in [4.78, 5) is 30.2. The molecule has 2 aromatic rings. The van der Waals surface area contributed by atoms with E-state index in [1.54, 1.807) is 13.8 Å². The fourth-order valence-corrected chi connectivity index (χ4v) is 3.63. The molecule has 0 radical (unpaired) electrons. The van der Waals surface area contributed by atoms with Crippen molar-refractivity contribution in [3.05, 3.63) is 57.9 Å². The van der Waals surface area contributed by atoms with Crippen LogP contribution < -0.4 is 0 Å². The van der Waals surface area contributed by atoms with Gasteiger partial charge in [-0.3, -0.25) is 9.69 Å². The molecule has 0 aliphatic carbocycles. The monoisotopic (exact) mass is 340 g/mol. The minimum Gasteiger partial charge on any atom is -0.465 e. The van der Waals surface area contributed by atoms with Crippen molar-refractivity contribution in [1.82, 2.24) is 9.88 Å². The zero-order valence-electron chi connectivity index (χ0n) is 15.2. The Balaban J connectivity index is 1.83. The summed E-state index contributed by atoms with van der Waals surface area (Å²) < 4.78 is 4.83. The first-order chi connectivity index (χ1) is 11.9. The molecule has 0 bridgehead atoms. The van der Waals surface area contributed by atoms with Crippen molar-refractivity contribution < 1.29 is 14.3 Å². The first-order valence-corrected chi connectivity index (χ1v) is 8.56. The Hall–Kier alpha value is -2.40. The predicted molar refractivity (Wildman–Crippen MR) is 96.0 cm³/mol. The van der Waals surface area contributed by atoms with Crippen LogP contribution in [-0.4, -0.2) is 41.3 Å². The van der Waals surface area contributed by atoms with E-state index in [1.807, 2.05) is 13.0 Å². The van der Waals surface area contributed by atoms with E-state index >= 15 is 0 Å². The summed E-state index contributed by atoms with van der Waals surface area (Å²) in [6.45, 7) is 7.14. The lowest BCUT2D eigenvalue weighted by Crippen LogP contribution is -2.42. The van der Waals surface area contributed by atoms with Gasteiger partial charge in [0.2, 0.25) is 0 Å². The van der Waals surface area contributed by atoms with Crippen molar-refractivity contribution in [2.45, 2.75) is 39.8 Å². The van der Waals surface area contributed by atoms with Gasteiger partial charge in [-0.1, -0.05) is 24.3 Å². The molecule has 0 spiro atoms. The Morgan fingerprint density at radius 1 is 1.20 bits per heavy atom. The molecular weight excluding hydrogens is 316 g/mol. The number of carbonyl (C=O) groups excluding carboxylic acids is 2. The number of methoxy groups -OCH3 is 1. The van der Waals surface area contributed by atoms with Crippen molar-refractivity contribution in [1.29, 1.82) is 0 Å². The summed E-state index contributed by atoms with van der Waals surface area (Å²) in [6.07, 6.45) is 0.948. The maximum Gasteiger partial charge on any atom is 0.339 e. The standard InChI is InChI=1S/C20H24N2O3/c1-12-17(20(24)25-4)13(2)21-18(12)19(23)14(3)22-10-9-15-7-5-6-8-16(15)11-22/h5-8,14,21H,9-11H2,1-4H3/t14-/m0/s1. The number of rotatable bonds is 4. The summed E-state index contributed by atoms with van der Waals surface area (Å²) in [5.41, 5.74) is 4.94. The Kier molecular flexibility index (Phi) is 4.77. The number of ketones is 1. The number of fused-ring (bicyclic) bond motifs is 1. The van der Waals surface area contributed by atoms with Crippen molar-refractivity contribution in [3.63, 3.8) is 0 Å². The molecule has 1 atom stereocenters. The number of esters is 1. The minimum absolute atomic E-state index is 0.00938. The molecule has 0 saturated heterocycles. The minimum atomic E-state index is -0.412. The quantitative estimate of drug-likeness (QED) is 0.686. The zero-order chi connectivity index (χ0) is 18.1. The average molecular weight is 340 g/mol. The molecule has 5 nitrogen and oxygen atoms in total. The molecule has 3 rings (SSSR count). The van der Waals surface area contributed by atoms with Crippen LogP contribution >= 0.6 is 0 Å². The lowest BCUT2D eigenvalue weighted by Gasteiger charge is -2.32. The number of carbonyl (C=O) groups is 2. The lowest BCUT2D eigenvalue weighted by atomic mass is 9.97. The van der Waals surface area contributed by atoms with Crippen molar-refractivity contribution in [2.75, 3.05) is 13.7 Å². The smallest absolute Gasteiger partial charge is 0.339 e. The molecule has 1 aliphatic heterocycles. The zero-order valence-corrected chi connectivity index (χ0v) is 15.2. The first-order valence-electron chi connectivity index (χ1n) is 8.56. The van der Waals surface area contributed by atoms with Crippen LogP contribution in [0.5, 0.6) is 0 Å². The second kappa shape index (κ2) is 6.84. The highest BCUT2D eigenvalue weighted by atomic mass is 16.5. The van der Waals surface area contributed by atoms with Gasteiger partial charge < -0.3 is 9.72 Å². The molecule has 132 valence electrons. The largest absolute Gasteiger partial charge is 0.465 e. The van der Waals surface area contributed by atoms with E-state index in [2.05, 4.69) is 28.1 Å². The number of hydrogen-bond donors (Lipinski definition) is 1. The van der Waals surface area contributed by atoms with E-state index in [1.165, 1.54) is 18.2 Å². The molecule has 2 heterocycles. The highest BCUT2D eigenvalue weighted by molar-refractivity contribution is 6.03. The van der Waals surface area contributed by atoms with E-state index in [4.69, 9.17) is 4.74 Å². The number of aryl methyl sites for hydroxylation is 1. The highest BCUT2D eigenvalue weighted by Gasteiger charge is 2.30. The topological polar surface area (TPSA) is 62.4 Å². The normalized spacial score (nSPS) is 15.5. The van der Waals surface area contributed by atoms with Gasteiger partial charge in [0.25, 0.3) is 0 Å². The number of hydrogen-bond acceptors (Lipinski definition) is 4. The van der Waals surface area contributed by atoms with Gasteiger partial charge in [0.1, 0.15) is 0 Å². The maximum absolute atomic E-state index is 13.0. The van der Waals surface area contributed by atoms with E-state index in [9.17, 15) is 9.59 Å². The maximum atomic E-state index is 13.0. The van der Waals surface area contributed by atoms with Crippen LogP contribution in [0, 0.1) is 13.8 Å². The average Bonchev–Trinajstić information content (AvgIpc) is 2.93. The van der Waals surface area contributed by atoms with Crippen LogP contribution in [0.4, 0.5) is 0 Å². The first kappa shape index (κ1) is 17.4. The van der Waals surface area contributed by atoms with Crippen LogP contribution in [0.15, 0.2) is 24.3 Å². The van der Waals surface area contributed by atoms with Crippen LogP contribution in [0.1, 0.15) is 50.2 Å². The number of H-pyrrole nitrogens is 1. The molecule has 1 aromatic carbocycles. The Morgan fingerprint density at radius 3 is 2.56 bits per heavy atom. The molecule has 0 fully saturated rings. The highest BCUT2D eigenvalue weighted by Crippen LogP contribution is 2.24. The van der Waals surface area contributed by atoms with Gasteiger partial charge in [0.15, 0.2) is 5.78 Å². The molecule has 1 aliphatic rings. The van der Waals surface area contributed by atoms with Crippen LogP contribution in [-0.2, 0) is 17.7 Å². The van der Waals surface area contributed by atoms with Gasteiger partial charge in [-0.2, -0.15) is 0 Å². The SMILES string of the molecule is COC(=O)c1c(C)[nH]c(C(=O)[C@H](C)N2CCc3ccccc3C2)c1C. The van der Waals surface area contributed by atoms with E-state index in [0.29, 0.717) is 22.5 Å². The fourth-order valence-electron chi connectivity index (χ4n) is 3.63. The third-order valence-electron chi connectivity index (χ3n) is 5.16. The number of aromatic nitrogens is 1. The van der Waals surface area contributed by atoms with E-state index < -0.39 is 5.97 Å². The molecule has 0 unspecified atom stereocenters. The summed E-state index contributed by atoms with van der Waals surface area (Å²) >= 11 is 0. The molecule has 0 amide bonds. The number of nitrogens with one attached hydrogen (secondary N) is 1. The lowest BCUT2D eigenvalue weighted by molar-refractivity contribution is 0.0599. The Morgan fingerprint density at radius 2 is 1.88 bits per heavy atom. The van der Waals surface area contributed by atoms with Gasteiger partial charge in [-0.15, -0.1) is 0 Å². The van der Waals surface area contributed by atoms with Crippen LogP contribution in [0.2, 0.25) is 0 Å². The molecule has 0 saturated carbocycles. The van der Waals surface area contributed by atoms with Gasteiger partial charge in [0.05, 0.1) is 24.4 Å². The molecular formula is C20H24N2O3. The number of ether oxygens (including phenoxy) is 1.